The number of nitrogens with one attached hydrogen (secondary N) is 1. The smallest absolute Gasteiger partial charge is 0.255 e. The van der Waals surface area contributed by atoms with Crippen molar-refractivity contribution in [1.82, 2.24) is 5.32 Å². The Labute approximate surface area is 86.0 Å². The van der Waals surface area contributed by atoms with E-state index in [0.29, 0.717) is 0 Å². The molecule has 0 saturated carbocycles. The van der Waals surface area contributed by atoms with Gasteiger partial charge in [-0.15, -0.1) is 0 Å². The van der Waals surface area contributed by atoms with Crippen molar-refractivity contribution in [3.8, 4) is 11.8 Å². The standard InChI is InChI=1S/C10H9FN2O2/c11-7-2-3-9(14)8(6-7)10(15)13-5-1-4-12/h2-3,6,14H,1,5H2,(H,13,15). The van der Waals surface area contributed by atoms with E-state index in [1.807, 2.05) is 6.07 Å². The van der Waals surface area contributed by atoms with E-state index in [4.69, 9.17) is 5.26 Å². The van der Waals surface area contributed by atoms with Gasteiger partial charge in [0.1, 0.15) is 11.6 Å². The lowest BCUT2D eigenvalue weighted by atomic mass is 10.2. The van der Waals surface area contributed by atoms with Crippen molar-refractivity contribution >= 4 is 5.91 Å². The highest BCUT2D eigenvalue weighted by Gasteiger charge is 2.11. The van der Waals surface area contributed by atoms with Crippen LogP contribution in [-0.2, 0) is 0 Å². The minimum atomic E-state index is -0.599. The molecule has 0 aliphatic rings. The monoisotopic (exact) mass is 208 g/mol. The van der Waals surface area contributed by atoms with Crippen molar-refractivity contribution in [2.24, 2.45) is 0 Å². The summed E-state index contributed by atoms with van der Waals surface area (Å²) in [6.07, 6.45) is 0.168. The van der Waals surface area contributed by atoms with Crippen LogP contribution in [0.5, 0.6) is 5.75 Å². The normalized spacial score (nSPS) is 9.33. The van der Waals surface area contributed by atoms with Gasteiger partial charge in [-0.25, -0.2) is 4.39 Å². The summed E-state index contributed by atoms with van der Waals surface area (Å²) in [7, 11) is 0. The van der Waals surface area contributed by atoms with Crippen molar-refractivity contribution < 1.29 is 14.3 Å². The van der Waals surface area contributed by atoms with Crippen molar-refractivity contribution in [3.05, 3.63) is 29.6 Å². The van der Waals surface area contributed by atoms with Gasteiger partial charge in [-0.05, 0) is 18.2 Å². The molecule has 0 spiro atoms. The Kier molecular flexibility index (Phi) is 3.63. The molecule has 0 radical (unpaired) electrons. The zero-order chi connectivity index (χ0) is 11.3. The lowest BCUT2D eigenvalue weighted by Crippen LogP contribution is -2.24. The van der Waals surface area contributed by atoms with E-state index in [-0.39, 0.29) is 24.3 Å². The van der Waals surface area contributed by atoms with E-state index in [1.54, 1.807) is 0 Å². The van der Waals surface area contributed by atoms with Crippen LogP contribution in [0.25, 0.3) is 0 Å². The largest absolute Gasteiger partial charge is 0.507 e. The lowest BCUT2D eigenvalue weighted by Gasteiger charge is -2.04. The zero-order valence-corrected chi connectivity index (χ0v) is 7.83. The van der Waals surface area contributed by atoms with E-state index < -0.39 is 11.7 Å². The first-order valence-corrected chi connectivity index (χ1v) is 4.29. The molecule has 1 aromatic carbocycles. The minimum absolute atomic E-state index is 0.132. The number of phenols is 1. The quantitative estimate of drug-likeness (QED) is 0.732. The molecule has 5 heteroatoms. The molecule has 78 valence electrons. The van der Waals surface area contributed by atoms with Crippen LogP contribution >= 0.6 is 0 Å². The fraction of sp³-hybridized carbons (Fsp3) is 0.200. The Morgan fingerprint density at radius 3 is 3.00 bits per heavy atom. The van der Waals surface area contributed by atoms with Gasteiger partial charge in [0.25, 0.3) is 5.91 Å². The Hall–Kier alpha value is -2.09. The van der Waals surface area contributed by atoms with Crippen molar-refractivity contribution in [3.63, 3.8) is 0 Å². The van der Waals surface area contributed by atoms with Crippen LogP contribution in [0, 0.1) is 17.1 Å². The van der Waals surface area contributed by atoms with E-state index in [9.17, 15) is 14.3 Å². The topological polar surface area (TPSA) is 73.1 Å². The summed E-state index contributed by atoms with van der Waals surface area (Å²) in [5.41, 5.74) is -0.132. The average Bonchev–Trinajstić information content (AvgIpc) is 2.22. The van der Waals surface area contributed by atoms with Gasteiger partial charge < -0.3 is 10.4 Å². The maximum Gasteiger partial charge on any atom is 0.255 e. The molecule has 1 rings (SSSR count). The molecule has 2 N–H and O–H groups in total. The maximum atomic E-state index is 12.8. The van der Waals surface area contributed by atoms with Gasteiger partial charge in [0.05, 0.1) is 18.1 Å². The third-order valence-corrected chi connectivity index (χ3v) is 1.73. The predicted octanol–water partition coefficient (Wildman–Crippen LogP) is 1.17. The lowest BCUT2D eigenvalue weighted by molar-refractivity contribution is 0.0951. The maximum absolute atomic E-state index is 12.8. The molecular weight excluding hydrogens is 199 g/mol. The highest BCUT2D eigenvalue weighted by molar-refractivity contribution is 5.96. The Bertz CT molecular complexity index is 412. The van der Waals surface area contributed by atoms with E-state index in [2.05, 4.69) is 5.32 Å². The molecule has 0 aliphatic heterocycles. The summed E-state index contributed by atoms with van der Waals surface area (Å²) < 4.78 is 12.8. The molecule has 0 bridgehead atoms. The number of amides is 1. The molecule has 0 saturated heterocycles. The Morgan fingerprint density at radius 1 is 1.60 bits per heavy atom. The van der Waals surface area contributed by atoms with Crippen molar-refractivity contribution in [2.75, 3.05) is 6.54 Å². The number of hydrogen-bond acceptors (Lipinski definition) is 3. The second-order valence-corrected chi connectivity index (χ2v) is 2.83. The number of carbonyl (C=O) groups excluding carboxylic acids is 1. The molecule has 15 heavy (non-hydrogen) atoms. The first-order valence-electron chi connectivity index (χ1n) is 4.29. The number of halogens is 1. The summed E-state index contributed by atoms with van der Waals surface area (Å²) in [5.74, 6) is -1.48. The van der Waals surface area contributed by atoms with Gasteiger partial charge >= 0.3 is 0 Å². The van der Waals surface area contributed by atoms with Crippen LogP contribution in [0.3, 0.4) is 0 Å². The molecule has 4 nitrogen and oxygen atoms in total. The molecule has 0 atom stereocenters. The number of aromatic hydroxyl groups is 1. The summed E-state index contributed by atoms with van der Waals surface area (Å²) in [6, 6.07) is 4.95. The molecule has 0 unspecified atom stereocenters. The fourth-order valence-corrected chi connectivity index (χ4v) is 1.02. The SMILES string of the molecule is N#CCCNC(=O)c1cc(F)ccc1O. The van der Waals surface area contributed by atoms with Gasteiger partial charge in [0.2, 0.25) is 0 Å². The minimum Gasteiger partial charge on any atom is -0.507 e. The molecule has 0 heterocycles. The van der Waals surface area contributed by atoms with Gasteiger partial charge in [0.15, 0.2) is 0 Å². The number of benzene rings is 1. The molecule has 0 aromatic heterocycles. The van der Waals surface area contributed by atoms with Crippen LogP contribution < -0.4 is 5.32 Å². The molecular formula is C10H9FN2O2. The number of nitriles is 1. The summed E-state index contributed by atoms with van der Waals surface area (Å²) in [4.78, 5) is 11.3. The first-order chi connectivity index (χ1) is 7.15. The first kappa shape index (κ1) is 11.0. The molecule has 0 aliphatic carbocycles. The number of hydrogen-bond donors (Lipinski definition) is 2. The number of nitrogens with zero attached hydrogens (tertiary/aromatic N) is 1. The Morgan fingerprint density at radius 2 is 2.33 bits per heavy atom. The van der Waals surface area contributed by atoms with Gasteiger partial charge in [-0.2, -0.15) is 5.26 Å². The van der Waals surface area contributed by atoms with Gasteiger partial charge in [-0.3, -0.25) is 4.79 Å². The average molecular weight is 208 g/mol. The third-order valence-electron chi connectivity index (χ3n) is 1.73. The zero-order valence-electron chi connectivity index (χ0n) is 7.83. The third kappa shape index (κ3) is 2.95. The van der Waals surface area contributed by atoms with Crippen LogP contribution in [-0.4, -0.2) is 17.6 Å². The fourth-order valence-electron chi connectivity index (χ4n) is 1.02. The van der Waals surface area contributed by atoms with E-state index in [1.165, 1.54) is 0 Å². The van der Waals surface area contributed by atoms with Crippen LogP contribution in [0.15, 0.2) is 18.2 Å². The number of rotatable bonds is 3. The number of phenolic OH excluding ortho intramolecular Hbond substituents is 1. The second-order valence-electron chi connectivity index (χ2n) is 2.83. The van der Waals surface area contributed by atoms with Crippen molar-refractivity contribution in [1.29, 1.82) is 5.26 Å². The van der Waals surface area contributed by atoms with Crippen LogP contribution in [0.4, 0.5) is 4.39 Å². The van der Waals surface area contributed by atoms with Gasteiger partial charge in [0, 0.05) is 6.54 Å². The van der Waals surface area contributed by atoms with Crippen molar-refractivity contribution in [2.45, 2.75) is 6.42 Å². The van der Waals surface area contributed by atoms with Crippen LogP contribution in [0.2, 0.25) is 0 Å². The Balaban J connectivity index is 2.73. The highest BCUT2D eigenvalue weighted by Crippen LogP contribution is 2.17. The number of carbonyl (C=O) groups is 1. The molecule has 1 amide bonds. The molecule has 1 aromatic rings. The van der Waals surface area contributed by atoms with E-state index in [0.717, 1.165) is 18.2 Å². The predicted molar refractivity (Wildman–Crippen MR) is 50.6 cm³/mol. The summed E-state index contributed by atoms with van der Waals surface area (Å²) >= 11 is 0. The highest BCUT2D eigenvalue weighted by atomic mass is 19.1. The second kappa shape index (κ2) is 4.96. The summed E-state index contributed by atoms with van der Waals surface area (Å²) in [6.45, 7) is 0.172. The van der Waals surface area contributed by atoms with Crippen LogP contribution in [0.1, 0.15) is 16.8 Å². The van der Waals surface area contributed by atoms with E-state index >= 15 is 0 Å². The van der Waals surface area contributed by atoms with Gasteiger partial charge in [-0.1, -0.05) is 0 Å². The summed E-state index contributed by atoms with van der Waals surface area (Å²) in [5, 5.41) is 19.9. The molecule has 0 fully saturated rings.